The molecule has 20 heavy (non-hydrogen) atoms. The standard InChI is InChI=1S/C14H22F3N3/c1-10(2)6-18-7-12-5-11(3)13(19-8-12)20(4)9-14(15,16)17/h5,8,10,18H,6-7,9H2,1-4H3. The highest BCUT2D eigenvalue weighted by molar-refractivity contribution is 5.46. The minimum atomic E-state index is -4.22. The summed E-state index contributed by atoms with van der Waals surface area (Å²) in [5.74, 6) is 0.927. The molecule has 0 aromatic carbocycles. The zero-order valence-corrected chi connectivity index (χ0v) is 12.4. The Balaban J connectivity index is 2.68. The molecule has 0 saturated heterocycles. The van der Waals surface area contributed by atoms with Gasteiger partial charge in [-0.05, 0) is 36.6 Å². The average molecular weight is 289 g/mol. The smallest absolute Gasteiger partial charge is 0.350 e. The Kier molecular flexibility index (Phi) is 5.80. The number of alkyl halides is 3. The summed E-state index contributed by atoms with van der Waals surface area (Å²) < 4.78 is 37.1. The maximum atomic E-state index is 12.4. The fourth-order valence-corrected chi connectivity index (χ4v) is 1.97. The molecule has 3 nitrogen and oxygen atoms in total. The maximum Gasteiger partial charge on any atom is 0.405 e. The molecule has 1 rings (SSSR count). The van der Waals surface area contributed by atoms with Crippen molar-refractivity contribution in [3.8, 4) is 0 Å². The van der Waals surface area contributed by atoms with Crippen LogP contribution in [0.15, 0.2) is 12.3 Å². The van der Waals surface area contributed by atoms with Crippen LogP contribution in [0.5, 0.6) is 0 Å². The van der Waals surface area contributed by atoms with Crippen LogP contribution < -0.4 is 10.2 Å². The number of pyridine rings is 1. The monoisotopic (exact) mass is 289 g/mol. The van der Waals surface area contributed by atoms with E-state index in [1.165, 1.54) is 7.05 Å². The molecule has 0 unspecified atom stereocenters. The van der Waals surface area contributed by atoms with Gasteiger partial charge in [0.15, 0.2) is 0 Å². The minimum Gasteiger partial charge on any atom is -0.350 e. The molecule has 0 fully saturated rings. The number of aromatic nitrogens is 1. The first-order chi connectivity index (χ1) is 9.19. The second kappa shape index (κ2) is 6.92. The molecule has 1 N–H and O–H groups in total. The molecule has 0 bridgehead atoms. The van der Waals surface area contributed by atoms with Crippen LogP contribution in [0.3, 0.4) is 0 Å². The summed E-state index contributed by atoms with van der Waals surface area (Å²) in [6.45, 7) is 6.59. The van der Waals surface area contributed by atoms with Crippen molar-refractivity contribution in [1.82, 2.24) is 10.3 Å². The molecule has 0 aliphatic rings. The Morgan fingerprint density at radius 3 is 2.50 bits per heavy atom. The lowest BCUT2D eigenvalue weighted by atomic mass is 10.2. The third kappa shape index (κ3) is 5.77. The van der Waals surface area contributed by atoms with E-state index >= 15 is 0 Å². The third-order valence-corrected chi connectivity index (χ3v) is 2.77. The third-order valence-electron chi connectivity index (χ3n) is 2.77. The van der Waals surface area contributed by atoms with E-state index in [-0.39, 0.29) is 0 Å². The fourth-order valence-electron chi connectivity index (χ4n) is 1.97. The van der Waals surface area contributed by atoms with Crippen LogP contribution in [0.25, 0.3) is 0 Å². The SMILES string of the molecule is Cc1cc(CNCC(C)C)cnc1N(C)CC(F)(F)F. The molecule has 0 aliphatic carbocycles. The molecule has 6 heteroatoms. The lowest BCUT2D eigenvalue weighted by Gasteiger charge is -2.22. The van der Waals surface area contributed by atoms with E-state index in [0.717, 1.165) is 22.6 Å². The Morgan fingerprint density at radius 1 is 1.35 bits per heavy atom. The van der Waals surface area contributed by atoms with Crippen LogP contribution in [0.1, 0.15) is 25.0 Å². The van der Waals surface area contributed by atoms with Crippen LogP contribution in [-0.2, 0) is 6.54 Å². The van der Waals surface area contributed by atoms with Crippen molar-refractivity contribution in [1.29, 1.82) is 0 Å². The van der Waals surface area contributed by atoms with Gasteiger partial charge in [-0.1, -0.05) is 13.8 Å². The van der Waals surface area contributed by atoms with Crippen molar-refractivity contribution in [3.05, 3.63) is 23.4 Å². The molecular weight excluding hydrogens is 267 g/mol. The van der Waals surface area contributed by atoms with Crippen LogP contribution in [0.4, 0.5) is 19.0 Å². The van der Waals surface area contributed by atoms with Crippen molar-refractivity contribution in [2.45, 2.75) is 33.5 Å². The Bertz CT molecular complexity index is 430. The summed E-state index contributed by atoms with van der Waals surface area (Å²) in [6, 6.07) is 1.88. The van der Waals surface area contributed by atoms with Gasteiger partial charge in [-0.3, -0.25) is 0 Å². The molecule has 0 aliphatic heterocycles. The molecular formula is C14H22F3N3. The number of anilines is 1. The highest BCUT2D eigenvalue weighted by atomic mass is 19.4. The molecule has 0 spiro atoms. The summed E-state index contributed by atoms with van der Waals surface area (Å²) in [4.78, 5) is 5.27. The number of nitrogens with zero attached hydrogens (tertiary/aromatic N) is 2. The quantitative estimate of drug-likeness (QED) is 0.872. The van der Waals surface area contributed by atoms with E-state index in [4.69, 9.17) is 0 Å². The Hall–Kier alpha value is -1.30. The second-order valence-corrected chi connectivity index (χ2v) is 5.48. The number of halogens is 3. The molecule has 1 aromatic heterocycles. The molecule has 1 heterocycles. The predicted octanol–water partition coefficient (Wildman–Crippen LogP) is 3.13. The first-order valence-corrected chi connectivity index (χ1v) is 6.63. The largest absolute Gasteiger partial charge is 0.405 e. The summed E-state index contributed by atoms with van der Waals surface area (Å²) >= 11 is 0. The van der Waals surface area contributed by atoms with Gasteiger partial charge in [-0.15, -0.1) is 0 Å². The van der Waals surface area contributed by atoms with Gasteiger partial charge in [0.05, 0.1) is 0 Å². The highest BCUT2D eigenvalue weighted by Crippen LogP contribution is 2.22. The molecule has 1 aromatic rings. The lowest BCUT2D eigenvalue weighted by Crippen LogP contribution is -2.32. The van der Waals surface area contributed by atoms with Crippen LogP contribution in [0.2, 0.25) is 0 Å². The summed E-state index contributed by atoms with van der Waals surface area (Å²) in [7, 11) is 1.40. The number of hydrogen-bond acceptors (Lipinski definition) is 3. The van der Waals surface area contributed by atoms with E-state index in [1.54, 1.807) is 13.1 Å². The Labute approximate surface area is 118 Å². The summed E-state index contributed by atoms with van der Waals surface area (Å²) in [6.07, 6.45) is -2.59. The number of rotatable bonds is 6. The van der Waals surface area contributed by atoms with Crippen LogP contribution in [0, 0.1) is 12.8 Å². The van der Waals surface area contributed by atoms with Gasteiger partial charge in [-0.2, -0.15) is 13.2 Å². The predicted molar refractivity (Wildman–Crippen MR) is 74.8 cm³/mol. The fraction of sp³-hybridized carbons (Fsp3) is 0.643. The molecule has 0 atom stereocenters. The van der Waals surface area contributed by atoms with E-state index in [0.29, 0.717) is 18.3 Å². The van der Waals surface area contributed by atoms with Crippen molar-refractivity contribution < 1.29 is 13.2 Å². The number of hydrogen-bond donors (Lipinski definition) is 1. The van der Waals surface area contributed by atoms with E-state index in [9.17, 15) is 13.2 Å². The van der Waals surface area contributed by atoms with Gasteiger partial charge in [0, 0.05) is 19.8 Å². The van der Waals surface area contributed by atoms with Crippen molar-refractivity contribution >= 4 is 5.82 Å². The van der Waals surface area contributed by atoms with Gasteiger partial charge in [0.1, 0.15) is 12.4 Å². The topological polar surface area (TPSA) is 28.2 Å². The zero-order chi connectivity index (χ0) is 15.3. The normalized spacial score (nSPS) is 12.0. The van der Waals surface area contributed by atoms with Gasteiger partial charge in [-0.25, -0.2) is 4.98 Å². The summed E-state index contributed by atoms with van der Waals surface area (Å²) in [5, 5.41) is 3.28. The Morgan fingerprint density at radius 2 is 2.00 bits per heavy atom. The number of aryl methyl sites for hydroxylation is 1. The van der Waals surface area contributed by atoms with Crippen LogP contribution >= 0.6 is 0 Å². The zero-order valence-electron chi connectivity index (χ0n) is 12.4. The first-order valence-electron chi connectivity index (χ1n) is 6.63. The van der Waals surface area contributed by atoms with Gasteiger partial charge in [0.25, 0.3) is 0 Å². The van der Waals surface area contributed by atoms with E-state index in [1.807, 2.05) is 6.07 Å². The van der Waals surface area contributed by atoms with E-state index in [2.05, 4.69) is 24.1 Å². The highest BCUT2D eigenvalue weighted by Gasteiger charge is 2.30. The van der Waals surface area contributed by atoms with Gasteiger partial charge >= 0.3 is 6.18 Å². The van der Waals surface area contributed by atoms with Crippen molar-refractivity contribution in [2.24, 2.45) is 5.92 Å². The molecule has 114 valence electrons. The average Bonchev–Trinajstić information content (AvgIpc) is 2.25. The van der Waals surface area contributed by atoms with Crippen molar-refractivity contribution in [3.63, 3.8) is 0 Å². The van der Waals surface area contributed by atoms with Gasteiger partial charge in [0.2, 0.25) is 0 Å². The first kappa shape index (κ1) is 16.8. The molecule has 0 radical (unpaired) electrons. The molecule has 0 amide bonds. The van der Waals surface area contributed by atoms with Gasteiger partial charge < -0.3 is 10.2 Å². The van der Waals surface area contributed by atoms with Crippen LogP contribution in [-0.4, -0.2) is 31.3 Å². The maximum absolute atomic E-state index is 12.4. The summed E-state index contributed by atoms with van der Waals surface area (Å²) in [5.41, 5.74) is 1.73. The minimum absolute atomic E-state index is 0.370. The lowest BCUT2D eigenvalue weighted by molar-refractivity contribution is -0.119. The van der Waals surface area contributed by atoms with Crippen molar-refractivity contribution in [2.75, 3.05) is 25.0 Å². The second-order valence-electron chi connectivity index (χ2n) is 5.48. The molecule has 0 saturated carbocycles. The van der Waals surface area contributed by atoms with E-state index < -0.39 is 12.7 Å². The number of nitrogens with one attached hydrogen (secondary N) is 1.